The summed E-state index contributed by atoms with van der Waals surface area (Å²) < 4.78 is 0. The number of nitrogens with zero attached hydrogens (tertiary/aromatic N) is 4. The quantitative estimate of drug-likeness (QED) is 0.752. The van der Waals surface area contributed by atoms with Gasteiger partial charge in [-0.1, -0.05) is 60.7 Å². The van der Waals surface area contributed by atoms with Crippen LogP contribution in [0.5, 0.6) is 0 Å². The third-order valence-electron chi connectivity index (χ3n) is 5.48. The van der Waals surface area contributed by atoms with Crippen LogP contribution >= 0.6 is 0 Å². The van der Waals surface area contributed by atoms with Crippen LogP contribution in [0.3, 0.4) is 0 Å². The van der Waals surface area contributed by atoms with Gasteiger partial charge in [-0.25, -0.2) is 4.79 Å². The van der Waals surface area contributed by atoms with Gasteiger partial charge in [0.15, 0.2) is 0 Å². The molecule has 0 aromatic heterocycles. The predicted molar refractivity (Wildman–Crippen MR) is 115 cm³/mol. The number of aliphatic imine (C=N–C) groups is 1. The Morgan fingerprint density at radius 3 is 2.60 bits per heavy atom. The van der Waals surface area contributed by atoms with Crippen LogP contribution in [0, 0.1) is 5.92 Å². The molecule has 0 N–H and O–H groups in total. The number of allylic oxidation sites excluding steroid dienone is 3. The maximum absolute atomic E-state index is 12.7. The second-order valence-corrected chi connectivity index (χ2v) is 7.46. The molecule has 1 fully saturated rings. The van der Waals surface area contributed by atoms with Crippen molar-refractivity contribution >= 4 is 29.6 Å². The molecule has 1 atom stereocenters. The molecule has 0 spiro atoms. The summed E-state index contributed by atoms with van der Waals surface area (Å²) in [4.78, 5) is 46.5. The smallest absolute Gasteiger partial charge is 0.339 e. The molecule has 30 heavy (non-hydrogen) atoms. The van der Waals surface area contributed by atoms with Crippen molar-refractivity contribution in [3.63, 3.8) is 0 Å². The molecule has 0 bridgehead atoms. The van der Waals surface area contributed by atoms with Gasteiger partial charge in [-0.05, 0) is 11.6 Å². The largest absolute Gasteiger partial charge is 0.351 e. The van der Waals surface area contributed by atoms with Gasteiger partial charge in [-0.3, -0.25) is 19.4 Å². The summed E-state index contributed by atoms with van der Waals surface area (Å²) in [6.45, 7) is 3.23. The summed E-state index contributed by atoms with van der Waals surface area (Å²) in [7, 11) is 0. The van der Waals surface area contributed by atoms with E-state index < -0.39 is 11.9 Å². The van der Waals surface area contributed by atoms with Gasteiger partial charge in [0.2, 0.25) is 11.8 Å². The van der Waals surface area contributed by atoms with Crippen LogP contribution in [-0.2, 0) is 9.59 Å². The van der Waals surface area contributed by atoms with E-state index in [1.165, 1.54) is 0 Å². The minimum absolute atomic E-state index is 0.217. The number of rotatable bonds is 5. The van der Waals surface area contributed by atoms with Crippen LogP contribution in [0.15, 0.2) is 65.7 Å². The van der Waals surface area contributed by atoms with Crippen molar-refractivity contribution in [2.75, 3.05) is 39.3 Å². The molecule has 4 rings (SSSR count). The Hall–Kier alpha value is -3.32. The third kappa shape index (κ3) is 4.46. The molecule has 7 nitrogen and oxygen atoms in total. The number of imide groups is 1. The Labute approximate surface area is 175 Å². The van der Waals surface area contributed by atoms with Crippen LogP contribution < -0.4 is 0 Å². The lowest BCUT2D eigenvalue weighted by atomic mass is 9.95. The van der Waals surface area contributed by atoms with Gasteiger partial charge >= 0.3 is 6.03 Å². The van der Waals surface area contributed by atoms with Crippen molar-refractivity contribution in [1.29, 1.82) is 0 Å². The lowest BCUT2D eigenvalue weighted by molar-refractivity contribution is -0.139. The number of hydrogen-bond donors (Lipinski definition) is 0. The number of piperazine rings is 1. The molecule has 1 aliphatic carbocycles. The zero-order valence-electron chi connectivity index (χ0n) is 16.7. The van der Waals surface area contributed by atoms with Gasteiger partial charge in [0.05, 0.1) is 11.6 Å². The second kappa shape index (κ2) is 9.00. The fourth-order valence-corrected chi connectivity index (χ4v) is 3.74. The van der Waals surface area contributed by atoms with Crippen LogP contribution in [0.2, 0.25) is 0 Å². The molecule has 1 saturated heterocycles. The minimum atomic E-state index is -0.663. The molecule has 2 heterocycles. The molecular formula is C23H24N4O3. The van der Waals surface area contributed by atoms with Gasteiger partial charge in [0.1, 0.15) is 6.54 Å². The Morgan fingerprint density at radius 2 is 1.83 bits per heavy atom. The first kappa shape index (κ1) is 20.0. The van der Waals surface area contributed by atoms with Crippen molar-refractivity contribution in [3.8, 4) is 0 Å². The van der Waals surface area contributed by atoms with Crippen molar-refractivity contribution in [2.24, 2.45) is 10.9 Å². The van der Waals surface area contributed by atoms with E-state index in [4.69, 9.17) is 0 Å². The van der Waals surface area contributed by atoms with E-state index in [-0.39, 0.29) is 18.4 Å². The molecule has 1 aromatic rings. The zero-order chi connectivity index (χ0) is 20.9. The highest BCUT2D eigenvalue weighted by atomic mass is 16.2. The maximum atomic E-state index is 12.7. The van der Waals surface area contributed by atoms with E-state index in [0.29, 0.717) is 18.8 Å². The van der Waals surface area contributed by atoms with E-state index in [1.54, 1.807) is 29.2 Å². The Kier molecular flexibility index (Phi) is 5.99. The third-order valence-corrected chi connectivity index (χ3v) is 5.48. The summed E-state index contributed by atoms with van der Waals surface area (Å²) in [5, 5.41) is 0. The van der Waals surface area contributed by atoms with Gasteiger partial charge in [0.25, 0.3) is 0 Å². The van der Waals surface area contributed by atoms with E-state index in [9.17, 15) is 14.4 Å². The fourth-order valence-electron chi connectivity index (χ4n) is 3.74. The van der Waals surface area contributed by atoms with Crippen molar-refractivity contribution in [3.05, 3.63) is 66.3 Å². The number of carbonyl (C=O) groups is 3. The van der Waals surface area contributed by atoms with Crippen molar-refractivity contribution in [2.45, 2.75) is 0 Å². The van der Waals surface area contributed by atoms with Gasteiger partial charge in [0, 0.05) is 32.7 Å². The molecule has 154 valence electrons. The second-order valence-electron chi connectivity index (χ2n) is 7.46. The molecule has 7 heteroatoms. The molecular weight excluding hydrogens is 380 g/mol. The zero-order valence-corrected chi connectivity index (χ0v) is 16.7. The van der Waals surface area contributed by atoms with Gasteiger partial charge in [-0.2, -0.15) is 4.99 Å². The molecule has 1 unspecified atom stereocenters. The fraction of sp³-hybridized carbons (Fsp3) is 0.304. The number of amides is 4. The van der Waals surface area contributed by atoms with E-state index >= 15 is 0 Å². The highest BCUT2D eigenvalue weighted by molar-refractivity contribution is 6.22. The number of carbonyl (C=O) groups excluding carboxylic acids is 3. The Morgan fingerprint density at radius 1 is 1.07 bits per heavy atom. The highest BCUT2D eigenvalue weighted by Crippen LogP contribution is 2.19. The van der Waals surface area contributed by atoms with E-state index in [1.807, 2.05) is 18.2 Å². The maximum Gasteiger partial charge on any atom is 0.351 e. The SMILES string of the molecule is O=C(CN1C(=O)N=C2C=CC=CC2C1=O)N1CCN(C/C=C/c2ccccc2)CC1. The first-order chi connectivity index (χ1) is 14.6. The van der Waals surface area contributed by atoms with E-state index in [0.717, 1.165) is 30.1 Å². The monoisotopic (exact) mass is 404 g/mol. The Bertz CT molecular complexity index is 940. The number of benzene rings is 1. The minimum Gasteiger partial charge on any atom is -0.339 e. The van der Waals surface area contributed by atoms with Crippen LogP contribution in [0.4, 0.5) is 4.79 Å². The standard InChI is InChI=1S/C23H24N4O3/c28-21(17-27-22(29)19-10-4-5-11-20(19)24-23(27)30)26-15-13-25(14-16-26)12-6-9-18-7-2-1-3-8-18/h1-11,19H,12-17H2/b9-6+. The number of urea groups is 1. The molecule has 0 saturated carbocycles. The summed E-state index contributed by atoms with van der Waals surface area (Å²) >= 11 is 0. The van der Waals surface area contributed by atoms with Crippen LogP contribution in [-0.4, -0.2) is 77.5 Å². The van der Waals surface area contributed by atoms with Gasteiger partial charge < -0.3 is 4.90 Å². The van der Waals surface area contributed by atoms with Gasteiger partial charge in [-0.15, -0.1) is 0 Å². The molecule has 3 aliphatic rings. The van der Waals surface area contributed by atoms with E-state index in [2.05, 4.69) is 34.2 Å². The van der Waals surface area contributed by atoms with Crippen LogP contribution in [0.1, 0.15) is 5.56 Å². The lowest BCUT2D eigenvalue weighted by Crippen LogP contribution is -2.54. The summed E-state index contributed by atoms with van der Waals surface area (Å²) in [6, 6.07) is 9.46. The molecule has 4 amide bonds. The van der Waals surface area contributed by atoms with Crippen LogP contribution in [0.25, 0.3) is 6.08 Å². The lowest BCUT2D eigenvalue weighted by Gasteiger charge is -2.35. The molecule has 0 radical (unpaired) electrons. The number of hydrogen-bond acceptors (Lipinski definition) is 4. The predicted octanol–water partition coefficient (Wildman–Crippen LogP) is 1.99. The first-order valence-electron chi connectivity index (χ1n) is 10.1. The molecule has 1 aromatic carbocycles. The average molecular weight is 404 g/mol. The summed E-state index contributed by atoms with van der Waals surface area (Å²) in [5.41, 5.74) is 1.60. The summed E-state index contributed by atoms with van der Waals surface area (Å²) in [5.74, 6) is -1.18. The number of fused-ring (bicyclic) bond motifs is 1. The Balaban J connectivity index is 1.27. The average Bonchev–Trinajstić information content (AvgIpc) is 2.78. The molecule has 2 aliphatic heterocycles. The topological polar surface area (TPSA) is 73.3 Å². The highest BCUT2D eigenvalue weighted by Gasteiger charge is 2.37. The first-order valence-corrected chi connectivity index (χ1v) is 10.1. The normalized spacial score (nSPS) is 21.9. The van der Waals surface area contributed by atoms with Crippen molar-refractivity contribution < 1.29 is 14.4 Å². The van der Waals surface area contributed by atoms with Crippen molar-refractivity contribution in [1.82, 2.24) is 14.7 Å². The summed E-state index contributed by atoms with van der Waals surface area (Å²) in [6.07, 6.45) is 11.1.